The SMILES string of the molecule is Cc1cccc(C(=O)N2CCC3(CCC(=O)N(Cc4cnc(C)cn4)C3)CC2)c1. The second-order valence-electron chi connectivity index (χ2n) is 8.56. The van der Waals surface area contributed by atoms with Crippen molar-refractivity contribution in [3.8, 4) is 0 Å². The van der Waals surface area contributed by atoms with Gasteiger partial charge < -0.3 is 9.80 Å². The summed E-state index contributed by atoms with van der Waals surface area (Å²) in [5.41, 5.74) is 3.67. The number of carbonyl (C=O) groups excluding carboxylic acids is 2. The number of rotatable bonds is 3. The highest BCUT2D eigenvalue weighted by Crippen LogP contribution is 2.40. The molecule has 2 saturated heterocycles. The minimum Gasteiger partial charge on any atom is -0.339 e. The predicted molar refractivity (Wildman–Crippen MR) is 110 cm³/mol. The number of likely N-dealkylation sites (tertiary alicyclic amines) is 2. The standard InChI is InChI=1S/C23H28N4O2/c1-17-4-3-5-19(12-17)22(29)26-10-8-23(9-11-26)7-6-21(28)27(16-23)15-20-14-24-18(2)13-25-20/h3-5,12-14H,6-11,15-16H2,1-2H3. The molecule has 1 aromatic heterocycles. The van der Waals surface area contributed by atoms with Crippen LogP contribution in [-0.4, -0.2) is 51.2 Å². The van der Waals surface area contributed by atoms with Crippen molar-refractivity contribution in [2.24, 2.45) is 5.41 Å². The smallest absolute Gasteiger partial charge is 0.253 e. The lowest BCUT2D eigenvalue weighted by Gasteiger charge is -2.47. The van der Waals surface area contributed by atoms with Crippen molar-refractivity contribution >= 4 is 11.8 Å². The Bertz CT molecular complexity index is 901. The molecule has 3 heterocycles. The number of amides is 2. The van der Waals surface area contributed by atoms with E-state index in [4.69, 9.17) is 0 Å². The third-order valence-corrected chi connectivity index (χ3v) is 6.31. The molecule has 0 aliphatic carbocycles. The molecule has 152 valence electrons. The monoisotopic (exact) mass is 392 g/mol. The van der Waals surface area contributed by atoms with Gasteiger partial charge in [-0.05, 0) is 50.7 Å². The average molecular weight is 393 g/mol. The molecule has 1 spiro atoms. The summed E-state index contributed by atoms with van der Waals surface area (Å²) in [6.07, 6.45) is 6.86. The third kappa shape index (κ3) is 4.31. The molecule has 2 amide bonds. The van der Waals surface area contributed by atoms with Crippen molar-refractivity contribution < 1.29 is 9.59 Å². The van der Waals surface area contributed by atoms with Gasteiger partial charge in [-0.25, -0.2) is 0 Å². The Morgan fingerprint density at radius 1 is 1.10 bits per heavy atom. The van der Waals surface area contributed by atoms with E-state index in [0.717, 1.165) is 61.4 Å². The lowest BCUT2D eigenvalue weighted by molar-refractivity contribution is -0.139. The molecule has 6 heteroatoms. The third-order valence-electron chi connectivity index (χ3n) is 6.31. The van der Waals surface area contributed by atoms with Crippen LogP contribution in [0.15, 0.2) is 36.7 Å². The van der Waals surface area contributed by atoms with Gasteiger partial charge in [-0.2, -0.15) is 0 Å². The first kappa shape index (κ1) is 19.6. The average Bonchev–Trinajstić information content (AvgIpc) is 2.73. The van der Waals surface area contributed by atoms with E-state index in [-0.39, 0.29) is 17.2 Å². The van der Waals surface area contributed by atoms with Crippen LogP contribution in [0.25, 0.3) is 0 Å². The Kier molecular flexibility index (Phi) is 5.35. The number of piperidine rings is 2. The Morgan fingerprint density at radius 3 is 2.59 bits per heavy atom. The van der Waals surface area contributed by atoms with E-state index in [1.54, 1.807) is 12.4 Å². The fourth-order valence-electron chi connectivity index (χ4n) is 4.50. The van der Waals surface area contributed by atoms with Crippen LogP contribution in [0.1, 0.15) is 53.0 Å². The van der Waals surface area contributed by atoms with Crippen molar-refractivity contribution in [1.29, 1.82) is 0 Å². The second kappa shape index (κ2) is 7.93. The van der Waals surface area contributed by atoms with E-state index in [1.165, 1.54) is 0 Å². The Labute approximate surface area is 172 Å². The number of nitrogens with zero attached hydrogens (tertiary/aromatic N) is 4. The lowest BCUT2D eigenvalue weighted by Crippen LogP contribution is -2.52. The van der Waals surface area contributed by atoms with Crippen LogP contribution in [0.2, 0.25) is 0 Å². The molecule has 2 aliphatic rings. The van der Waals surface area contributed by atoms with Gasteiger partial charge in [0.1, 0.15) is 0 Å². The normalized spacial score (nSPS) is 18.9. The minimum absolute atomic E-state index is 0.107. The highest BCUT2D eigenvalue weighted by Gasteiger charge is 2.41. The summed E-state index contributed by atoms with van der Waals surface area (Å²) in [5, 5.41) is 0. The number of aromatic nitrogens is 2. The quantitative estimate of drug-likeness (QED) is 0.805. The van der Waals surface area contributed by atoms with Gasteiger partial charge in [0.15, 0.2) is 0 Å². The molecule has 6 nitrogen and oxygen atoms in total. The van der Waals surface area contributed by atoms with Crippen LogP contribution in [0.5, 0.6) is 0 Å². The first-order valence-electron chi connectivity index (χ1n) is 10.4. The summed E-state index contributed by atoms with van der Waals surface area (Å²) in [7, 11) is 0. The van der Waals surface area contributed by atoms with E-state index < -0.39 is 0 Å². The zero-order chi connectivity index (χ0) is 20.4. The van der Waals surface area contributed by atoms with Crippen molar-refractivity contribution in [2.45, 2.75) is 46.1 Å². The summed E-state index contributed by atoms with van der Waals surface area (Å²) in [6.45, 7) is 6.67. The molecule has 0 unspecified atom stereocenters. The highest BCUT2D eigenvalue weighted by atomic mass is 16.2. The van der Waals surface area contributed by atoms with E-state index in [1.807, 2.05) is 47.9 Å². The molecule has 4 rings (SSSR count). The van der Waals surface area contributed by atoms with Gasteiger partial charge in [-0.15, -0.1) is 0 Å². The fourth-order valence-corrected chi connectivity index (χ4v) is 4.50. The molecule has 2 aromatic rings. The lowest BCUT2D eigenvalue weighted by atomic mass is 9.72. The summed E-state index contributed by atoms with van der Waals surface area (Å²) in [6, 6.07) is 7.79. The summed E-state index contributed by atoms with van der Waals surface area (Å²) in [4.78, 5) is 37.9. The first-order chi connectivity index (χ1) is 13.9. The van der Waals surface area contributed by atoms with E-state index in [9.17, 15) is 9.59 Å². The molecule has 1 aromatic carbocycles. The van der Waals surface area contributed by atoms with E-state index in [2.05, 4.69) is 9.97 Å². The van der Waals surface area contributed by atoms with E-state index in [0.29, 0.717) is 13.0 Å². The van der Waals surface area contributed by atoms with Crippen molar-refractivity contribution in [2.75, 3.05) is 19.6 Å². The second-order valence-corrected chi connectivity index (χ2v) is 8.56. The van der Waals surface area contributed by atoms with Gasteiger partial charge in [-0.1, -0.05) is 17.7 Å². The van der Waals surface area contributed by atoms with Crippen LogP contribution in [0.4, 0.5) is 0 Å². The Balaban J connectivity index is 1.40. The number of carbonyl (C=O) groups is 2. The topological polar surface area (TPSA) is 66.4 Å². The molecule has 0 radical (unpaired) electrons. The maximum atomic E-state index is 12.9. The molecule has 0 saturated carbocycles. The zero-order valence-electron chi connectivity index (χ0n) is 17.2. The first-order valence-corrected chi connectivity index (χ1v) is 10.4. The summed E-state index contributed by atoms with van der Waals surface area (Å²) < 4.78 is 0. The molecule has 2 fully saturated rings. The highest BCUT2D eigenvalue weighted by molar-refractivity contribution is 5.94. The summed E-state index contributed by atoms with van der Waals surface area (Å²) in [5.74, 6) is 0.304. The Morgan fingerprint density at radius 2 is 1.90 bits per heavy atom. The minimum atomic E-state index is 0.107. The number of hydrogen-bond acceptors (Lipinski definition) is 4. The molecular weight excluding hydrogens is 364 g/mol. The molecular formula is C23H28N4O2. The van der Waals surface area contributed by atoms with Crippen LogP contribution in [0, 0.1) is 19.3 Å². The van der Waals surface area contributed by atoms with Gasteiger partial charge in [0.25, 0.3) is 5.91 Å². The number of benzene rings is 1. The summed E-state index contributed by atoms with van der Waals surface area (Å²) >= 11 is 0. The fraction of sp³-hybridized carbons (Fsp3) is 0.478. The van der Waals surface area contributed by atoms with Gasteiger partial charge >= 0.3 is 0 Å². The van der Waals surface area contributed by atoms with Crippen LogP contribution < -0.4 is 0 Å². The number of aryl methyl sites for hydroxylation is 2. The van der Waals surface area contributed by atoms with Crippen molar-refractivity contribution in [3.05, 3.63) is 59.2 Å². The maximum Gasteiger partial charge on any atom is 0.253 e. The van der Waals surface area contributed by atoms with Crippen LogP contribution >= 0.6 is 0 Å². The van der Waals surface area contributed by atoms with Gasteiger partial charge in [0, 0.05) is 37.8 Å². The predicted octanol–water partition coefficient (Wildman–Crippen LogP) is 3.14. The van der Waals surface area contributed by atoms with Gasteiger partial charge in [0.2, 0.25) is 5.91 Å². The molecule has 29 heavy (non-hydrogen) atoms. The largest absolute Gasteiger partial charge is 0.339 e. The van der Waals surface area contributed by atoms with E-state index >= 15 is 0 Å². The molecule has 0 bridgehead atoms. The zero-order valence-corrected chi connectivity index (χ0v) is 17.2. The molecule has 0 N–H and O–H groups in total. The number of hydrogen-bond donors (Lipinski definition) is 0. The van der Waals surface area contributed by atoms with Crippen molar-refractivity contribution in [3.63, 3.8) is 0 Å². The molecule has 0 atom stereocenters. The van der Waals surface area contributed by atoms with Crippen LogP contribution in [-0.2, 0) is 11.3 Å². The maximum absolute atomic E-state index is 12.9. The van der Waals surface area contributed by atoms with Crippen molar-refractivity contribution in [1.82, 2.24) is 19.8 Å². The van der Waals surface area contributed by atoms with Gasteiger partial charge in [0.05, 0.1) is 24.1 Å². The Hall–Kier alpha value is -2.76. The van der Waals surface area contributed by atoms with Crippen LogP contribution in [0.3, 0.4) is 0 Å². The van der Waals surface area contributed by atoms with Gasteiger partial charge in [-0.3, -0.25) is 19.6 Å². The molecule has 2 aliphatic heterocycles.